The molecule has 1 N–H and O–H groups in total. The number of rotatable bonds is 6. The number of hydrogen-bond acceptors (Lipinski definition) is 6. The summed E-state index contributed by atoms with van der Waals surface area (Å²) in [5, 5.41) is 1.61. The number of hydrogen-bond donors (Lipinski definition) is 1. The van der Waals surface area contributed by atoms with E-state index in [9.17, 15) is 14.4 Å². The first-order valence-corrected chi connectivity index (χ1v) is 10.1. The molecule has 0 spiro atoms. The molecule has 4 rings (SSSR count). The minimum absolute atomic E-state index is 0.0629. The minimum atomic E-state index is -0.383. The average molecular weight is 412 g/mol. The lowest BCUT2D eigenvalue weighted by Crippen LogP contribution is -2.41. The summed E-state index contributed by atoms with van der Waals surface area (Å²) in [5.74, 6) is 0.992. The number of ether oxygens (including phenoxy) is 2. The molecule has 2 aliphatic rings. The summed E-state index contributed by atoms with van der Waals surface area (Å²) >= 11 is 1.02. The molecule has 2 aromatic rings. The summed E-state index contributed by atoms with van der Waals surface area (Å²) in [7, 11) is 0. The van der Waals surface area contributed by atoms with E-state index in [0.29, 0.717) is 36.6 Å². The Bertz CT molecular complexity index is 960. The van der Waals surface area contributed by atoms with Gasteiger partial charge < -0.3 is 14.4 Å². The van der Waals surface area contributed by atoms with Crippen molar-refractivity contribution in [2.24, 2.45) is 0 Å². The Morgan fingerprint density at radius 3 is 2.69 bits per heavy atom. The van der Waals surface area contributed by atoms with Crippen LogP contribution >= 0.6 is 11.8 Å². The van der Waals surface area contributed by atoms with Gasteiger partial charge in [0.15, 0.2) is 6.73 Å². The van der Waals surface area contributed by atoms with Crippen molar-refractivity contribution in [1.82, 2.24) is 10.2 Å². The van der Waals surface area contributed by atoms with Gasteiger partial charge in [-0.15, -0.1) is 0 Å². The van der Waals surface area contributed by atoms with Crippen LogP contribution in [0.1, 0.15) is 21.5 Å². The Labute approximate surface area is 172 Å². The Morgan fingerprint density at radius 1 is 1.17 bits per heavy atom. The summed E-state index contributed by atoms with van der Waals surface area (Å²) in [4.78, 5) is 37.1. The number of nitrogens with one attached hydrogen (secondary N) is 1. The topological polar surface area (TPSA) is 84.9 Å². The van der Waals surface area contributed by atoms with Gasteiger partial charge >= 0.3 is 0 Å². The van der Waals surface area contributed by atoms with Gasteiger partial charge in [-0.05, 0) is 48.7 Å². The number of amides is 3. The van der Waals surface area contributed by atoms with Crippen LogP contribution in [0.3, 0.4) is 0 Å². The van der Waals surface area contributed by atoms with Gasteiger partial charge in [0.25, 0.3) is 11.1 Å². The van der Waals surface area contributed by atoms with Crippen molar-refractivity contribution in [3.8, 4) is 11.5 Å². The highest BCUT2D eigenvalue weighted by molar-refractivity contribution is 8.15. The molecule has 8 heteroatoms. The standard InChI is InChI=1S/C21H20N2O5S/c1-13-2-7-16-17(10-13)28-12-23(20(16)25)8-9-27-15-5-3-14(4-6-15)11-18-19(24)22-21(26)29-18/h2-7,10,18H,8-9,11-12H2,1H3,(H,22,24,26). The van der Waals surface area contributed by atoms with Crippen molar-refractivity contribution in [3.05, 3.63) is 59.2 Å². The van der Waals surface area contributed by atoms with Crippen LogP contribution in [0.5, 0.6) is 11.5 Å². The zero-order valence-corrected chi connectivity index (χ0v) is 16.7. The lowest BCUT2D eigenvalue weighted by atomic mass is 10.1. The Balaban J connectivity index is 1.28. The van der Waals surface area contributed by atoms with E-state index in [4.69, 9.17) is 9.47 Å². The predicted octanol–water partition coefficient (Wildman–Crippen LogP) is 2.76. The first kappa shape index (κ1) is 19.3. The van der Waals surface area contributed by atoms with Crippen molar-refractivity contribution in [1.29, 1.82) is 0 Å². The number of aryl methyl sites for hydroxylation is 1. The zero-order valence-electron chi connectivity index (χ0n) is 15.8. The first-order valence-electron chi connectivity index (χ1n) is 9.25. The van der Waals surface area contributed by atoms with Crippen molar-refractivity contribution in [2.45, 2.75) is 18.6 Å². The lowest BCUT2D eigenvalue weighted by Gasteiger charge is -2.28. The second-order valence-corrected chi connectivity index (χ2v) is 8.10. The van der Waals surface area contributed by atoms with Crippen molar-refractivity contribution in [3.63, 3.8) is 0 Å². The molecule has 0 aromatic heterocycles. The lowest BCUT2D eigenvalue weighted by molar-refractivity contribution is -0.118. The molecule has 7 nitrogen and oxygen atoms in total. The van der Waals surface area contributed by atoms with Crippen LogP contribution in [0.2, 0.25) is 0 Å². The molecule has 2 heterocycles. The van der Waals surface area contributed by atoms with Gasteiger partial charge in [-0.3, -0.25) is 19.7 Å². The van der Waals surface area contributed by atoms with Crippen molar-refractivity contribution in [2.75, 3.05) is 19.9 Å². The quantitative estimate of drug-likeness (QED) is 0.785. The molecule has 0 aliphatic carbocycles. The number of imide groups is 1. The predicted molar refractivity (Wildman–Crippen MR) is 108 cm³/mol. The third kappa shape index (κ3) is 4.37. The highest BCUT2D eigenvalue weighted by atomic mass is 32.2. The number of nitrogens with zero attached hydrogens (tertiary/aromatic N) is 1. The molecular formula is C21H20N2O5S. The van der Waals surface area contributed by atoms with Gasteiger partial charge in [0, 0.05) is 0 Å². The summed E-state index contributed by atoms with van der Waals surface area (Å²) in [6.45, 7) is 2.91. The molecule has 1 unspecified atom stereocenters. The van der Waals surface area contributed by atoms with Gasteiger partial charge in [0.2, 0.25) is 5.91 Å². The highest BCUT2D eigenvalue weighted by Gasteiger charge is 2.31. The fourth-order valence-electron chi connectivity index (χ4n) is 3.21. The third-order valence-electron chi connectivity index (χ3n) is 4.77. The van der Waals surface area contributed by atoms with Gasteiger partial charge in [0.05, 0.1) is 17.4 Å². The maximum absolute atomic E-state index is 12.6. The van der Waals surface area contributed by atoms with Crippen LogP contribution < -0.4 is 14.8 Å². The third-order valence-corrected chi connectivity index (χ3v) is 5.75. The number of thioether (sulfide) groups is 1. The highest BCUT2D eigenvalue weighted by Crippen LogP contribution is 2.26. The van der Waals surface area contributed by atoms with E-state index in [1.165, 1.54) is 0 Å². The van der Waals surface area contributed by atoms with E-state index < -0.39 is 0 Å². The van der Waals surface area contributed by atoms with E-state index in [-0.39, 0.29) is 29.0 Å². The second kappa shape index (κ2) is 8.16. The molecule has 1 atom stereocenters. The Morgan fingerprint density at radius 2 is 1.97 bits per heavy atom. The second-order valence-electron chi connectivity index (χ2n) is 6.92. The van der Waals surface area contributed by atoms with Crippen LogP contribution in [-0.4, -0.2) is 47.1 Å². The summed E-state index contributed by atoms with van der Waals surface area (Å²) in [5.41, 5.74) is 2.57. The molecule has 0 saturated carbocycles. The average Bonchev–Trinajstić information content (AvgIpc) is 3.01. The molecule has 1 saturated heterocycles. The molecule has 1 fully saturated rings. The van der Waals surface area contributed by atoms with Gasteiger partial charge in [-0.1, -0.05) is 30.0 Å². The van der Waals surface area contributed by atoms with Crippen molar-refractivity contribution >= 4 is 28.8 Å². The molecule has 0 bridgehead atoms. The number of carbonyl (C=O) groups is 3. The van der Waals surface area contributed by atoms with Gasteiger partial charge in [-0.25, -0.2) is 0 Å². The molecule has 2 aliphatic heterocycles. The monoisotopic (exact) mass is 412 g/mol. The van der Waals surface area contributed by atoms with E-state index in [1.807, 2.05) is 43.3 Å². The number of fused-ring (bicyclic) bond motifs is 1. The zero-order chi connectivity index (χ0) is 20.4. The Kier molecular flexibility index (Phi) is 5.44. The largest absolute Gasteiger partial charge is 0.492 e. The summed E-state index contributed by atoms with van der Waals surface area (Å²) in [6, 6.07) is 12.9. The molecular weight excluding hydrogens is 392 g/mol. The number of carbonyl (C=O) groups excluding carboxylic acids is 3. The first-order chi connectivity index (χ1) is 14.0. The van der Waals surface area contributed by atoms with E-state index in [1.54, 1.807) is 11.0 Å². The molecule has 3 amide bonds. The SMILES string of the molecule is Cc1ccc2c(c1)OCN(CCOc1ccc(CC3SC(=O)NC3=O)cc1)C2=O. The summed E-state index contributed by atoms with van der Waals surface area (Å²) in [6.07, 6.45) is 0.487. The number of benzene rings is 2. The van der Waals surface area contributed by atoms with Gasteiger partial charge in [-0.2, -0.15) is 0 Å². The van der Waals surface area contributed by atoms with Crippen LogP contribution in [0.25, 0.3) is 0 Å². The molecule has 150 valence electrons. The normalized spacial score (nSPS) is 18.3. The van der Waals surface area contributed by atoms with Crippen LogP contribution in [0, 0.1) is 6.92 Å². The van der Waals surface area contributed by atoms with Crippen molar-refractivity contribution < 1.29 is 23.9 Å². The van der Waals surface area contributed by atoms with E-state index >= 15 is 0 Å². The maximum atomic E-state index is 12.6. The van der Waals surface area contributed by atoms with E-state index in [0.717, 1.165) is 22.9 Å². The summed E-state index contributed by atoms with van der Waals surface area (Å²) < 4.78 is 11.4. The minimum Gasteiger partial charge on any atom is -0.492 e. The molecule has 29 heavy (non-hydrogen) atoms. The Hall–Kier alpha value is -3.00. The smallest absolute Gasteiger partial charge is 0.286 e. The molecule has 0 radical (unpaired) electrons. The molecule has 2 aromatic carbocycles. The fraction of sp³-hybridized carbons (Fsp3) is 0.286. The van der Waals surface area contributed by atoms with Crippen LogP contribution in [0.15, 0.2) is 42.5 Å². The fourth-order valence-corrected chi connectivity index (χ4v) is 4.07. The van der Waals surface area contributed by atoms with Gasteiger partial charge in [0.1, 0.15) is 18.1 Å². The maximum Gasteiger partial charge on any atom is 0.286 e. The van der Waals surface area contributed by atoms with Crippen LogP contribution in [0.4, 0.5) is 4.79 Å². The van der Waals surface area contributed by atoms with E-state index in [2.05, 4.69) is 5.32 Å². The van der Waals surface area contributed by atoms with Crippen LogP contribution in [-0.2, 0) is 11.2 Å².